The van der Waals surface area contributed by atoms with Crippen LogP contribution in [0.3, 0.4) is 0 Å². The van der Waals surface area contributed by atoms with Gasteiger partial charge in [-0.2, -0.15) is 0 Å². The normalized spacial score (nSPS) is 28.5. The van der Waals surface area contributed by atoms with Crippen LogP contribution in [0.1, 0.15) is 31.4 Å². The summed E-state index contributed by atoms with van der Waals surface area (Å²) in [7, 11) is 0. The van der Waals surface area contributed by atoms with Gasteiger partial charge in [-0.1, -0.05) is 5.21 Å². The zero-order valence-electron chi connectivity index (χ0n) is 7.14. The zero-order valence-corrected chi connectivity index (χ0v) is 7.14. The molecule has 0 radical (unpaired) electrons. The first-order valence-corrected chi connectivity index (χ1v) is 4.39. The van der Waals surface area contributed by atoms with E-state index in [1.165, 1.54) is 0 Å². The SMILES string of the molecule is CCn1nncc1C1CCC1O. The molecule has 0 aromatic carbocycles. The molecular weight excluding hydrogens is 154 g/mol. The summed E-state index contributed by atoms with van der Waals surface area (Å²) in [5.74, 6) is 0.278. The van der Waals surface area contributed by atoms with Crippen LogP contribution in [0.4, 0.5) is 0 Å². The van der Waals surface area contributed by atoms with E-state index in [0.717, 1.165) is 25.1 Å². The lowest BCUT2D eigenvalue weighted by molar-refractivity contribution is 0.0620. The average Bonchev–Trinajstić information content (AvgIpc) is 2.50. The molecule has 2 unspecified atom stereocenters. The van der Waals surface area contributed by atoms with Crippen LogP contribution in [0, 0.1) is 0 Å². The van der Waals surface area contributed by atoms with Crippen molar-refractivity contribution in [1.29, 1.82) is 0 Å². The molecule has 1 N–H and O–H groups in total. The van der Waals surface area contributed by atoms with E-state index in [-0.39, 0.29) is 12.0 Å². The summed E-state index contributed by atoms with van der Waals surface area (Å²) in [5.41, 5.74) is 1.08. The molecule has 1 aromatic heterocycles. The summed E-state index contributed by atoms with van der Waals surface area (Å²) in [6.07, 6.45) is 3.57. The van der Waals surface area contributed by atoms with Crippen LogP contribution in [0.2, 0.25) is 0 Å². The molecule has 1 aromatic rings. The quantitative estimate of drug-likeness (QED) is 0.699. The van der Waals surface area contributed by atoms with Crippen LogP contribution < -0.4 is 0 Å². The van der Waals surface area contributed by atoms with Gasteiger partial charge in [0.05, 0.1) is 18.0 Å². The van der Waals surface area contributed by atoms with Crippen molar-refractivity contribution in [3.8, 4) is 0 Å². The number of aromatic nitrogens is 3. The fourth-order valence-electron chi connectivity index (χ4n) is 1.63. The first-order valence-electron chi connectivity index (χ1n) is 4.39. The zero-order chi connectivity index (χ0) is 8.55. The lowest BCUT2D eigenvalue weighted by Gasteiger charge is -2.31. The molecule has 1 aliphatic carbocycles. The number of hydrogen-bond donors (Lipinski definition) is 1. The molecule has 1 heterocycles. The van der Waals surface area contributed by atoms with Gasteiger partial charge in [0, 0.05) is 12.5 Å². The molecule has 2 atom stereocenters. The van der Waals surface area contributed by atoms with Crippen molar-refractivity contribution in [2.45, 2.75) is 38.3 Å². The maximum absolute atomic E-state index is 9.43. The smallest absolute Gasteiger partial charge is 0.0729 e. The highest BCUT2D eigenvalue weighted by Gasteiger charge is 2.32. The second-order valence-corrected chi connectivity index (χ2v) is 3.23. The Bertz CT molecular complexity index is 271. The number of aliphatic hydroxyl groups is 1. The Hall–Kier alpha value is -0.900. The van der Waals surface area contributed by atoms with E-state index in [9.17, 15) is 5.11 Å². The van der Waals surface area contributed by atoms with E-state index >= 15 is 0 Å². The van der Waals surface area contributed by atoms with Gasteiger partial charge in [-0.15, -0.1) is 5.10 Å². The van der Waals surface area contributed by atoms with Crippen LogP contribution in [0.5, 0.6) is 0 Å². The van der Waals surface area contributed by atoms with Gasteiger partial charge in [0.1, 0.15) is 0 Å². The van der Waals surface area contributed by atoms with Crippen molar-refractivity contribution in [2.24, 2.45) is 0 Å². The molecular formula is C8H13N3O. The molecule has 4 heteroatoms. The Labute approximate surface area is 71.2 Å². The minimum Gasteiger partial charge on any atom is -0.392 e. The molecule has 0 amide bonds. The van der Waals surface area contributed by atoms with Crippen molar-refractivity contribution < 1.29 is 5.11 Å². The topological polar surface area (TPSA) is 50.9 Å². The van der Waals surface area contributed by atoms with Crippen LogP contribution in [-0.4, -0.2) is 26.2 Å². The first kappa shape index (κ1) is 7.73. The van der Waals surface area contributed by atoms with E-state index in [1.54, 1.807) is 6.20 Å². The van der Waals surface area contributed by atoms with Gasteiger partial charge in [-0.3, -0.25) is 0 Å². The van der Waals surface area contributed by atoms with Crippen LogP contribution in [0.25, 0.3) is 0 Å². The molecule has 0 saturated heterocycles. The molecule has 66 valence electrons. The Balaban J connectivity index is 2.21. The predicted molar refractivity (Wildman–Crippen MR) is 43.7 cm³/mol. The number of nitrogens with zero attached hydrogens (tertiary/aromatic N) is 3. The Kier molecular flexibility index (Phi) is 1.84. The standard InChI is InChI=1S/C8H13N3O/c1-2-11-7(5-9-10-11)6-3-4-8(6)12/h5-6,8,12H,2-4H2,1H3. The second kappa shape index (κ2) is 2.86. The lowest BCUT2D eigenvalue weighted by Crippen LogP contribution is -2.30. The van der Waals surface area contributed by atoms with Gasteiger partial charge in [-0.25, -0.2) is 4.68 Å². The van der Waals surface area contributed by atoms with Crippen LogP contribution in [0.15, 0.2) is 6.20 Å². The Morgan fingerprint density at radius 1 is 1.67 bits per heavy atom. The van der Waals surface area contributed by atoms with Gasteiger partial charge >= 0.3 is 0 Å². The van der Waals surface area contributed by atoms with Crippen LogP contribution >= 0.6 is 0 Å². The maximum atomic E-state index is 9.43. The number of aryl methyl sites for hydroxylation is 1. The number of aliphatic hydroxyl groups excluding tert-OH is 1. The highest BCUT2D eigenvalue weighted by molar-refractivity contribution is 5.10. The molecule has 0 aliphatic heterocycles. The largest absolute Gasteiger partial charge is 0.392 e. The molecule has 12 heavy (non-hydrogen) atoms. The molecule has 1 fully saturated rings. The van der Waals surface area contributed by atoms with Crippen molar-refractivity contribution in [3.63, 3.8) is 0 Å². The van der Waals surface area contributed by atoms with E-state index < -0.39 is 0 Å². The minimum absolute atomic E-state index is 0.172. The van der Waals surface area contributed by atoms with Gasteiger partial charge in [0.2, 0.25) is 0 Å². The fourth-order valence-corrected chi connectivity index (χ4v) is 1.63. The lowest BCUT2D eigenvalue weighted by atomic mass is 9.80. The van der Waals surface area contributed by atoms with Crippen LogP contribution in [-0.2, 0) is 6.54 Å². The van der Waals surface area contributed by atoms with Gasteiger partial charge in [0.25, 0.3) is 0 Å². The third kappa shape index (κ3) is 1.03. The molecule has 0 spiro atoms. The highest BCUT2D eigenvalue weighted by Crippen LogP contribution is 2.36. The molecule has 1 saturated carbocycles. The summed E-state index contributed by atoms with van der Waals surface area (Å²) >= 11 is 0. The highest BCUT2D eigenvalue weighted by atomic mass is 16.3. The molecule has 4 nitrogen and oxygen atoms in total. The number of rotatable bonds is 2. The van der Waals surface area contributed by atoms with Crippen molar-refractivity contribution in [1.82, 2.24) is 15.0 Å². The summed E-state index contributed by atoms with van der Waals surface area (Å²) in [4.78, 5) is 0. The summed E-state index contributed by atoms with van der Waals surface area (Å²) in [6, 6.07) is 0. The van der Waals surface area contributed by atoms with Gasteiger partial charge in [0.15, 0.2) is 0 Å². The van der Waals surface area contributed by atoms with Gasteiger partial charge < -0.3 is 5.11 Å². The first-order chi connectivity index (χ1) is 5.83. The van der Waals surface area contributed by atoms with E-state index in [4.69, 9.17) is 0 Å². The van der Waals surface area contributed by atoms with Crippen molar-refractivity contribution in [2.75, 3.05) is 0 Å². The van der Waals surface area contributed by atoms with E-state index in [1.807, 2.05) is 11.6 Å². The summed E-state index contributed by atoms with van der Waals surface area (Å²) < 4.78 is 1.85. The fraction of sp³-hybridized carbons (Fsp3) is 0.750. The Morgan fingerprint density at radius 2 is 2.50 bits per heavy atom. The predicted octanol–water partition coefficient (Wildman–Crippen LogP) is 0.536. The average molecular weight is 167 g/mol. The van der Waals surface area contributed by atoms with E-state index in [0.29, 0.717) is 0 Å². The third-order valence-corrected chi connectivity index (χ3v) is 2.56. The Morgan fingerprint density at radius 3 is 3.00 bits per heavy atom. The van der Waals surface area contributed by atoms with Gasteiger partial charge in [-0.05, 0) is 19.8 Å². The second-order valence-electron chi connectivity index (χ2n) is 3.23. The molecule has 1 aliphatic rings. The monoisotopic (exact) mass is 167 g/mol. The molecule has 0 bridgehead atoms. The summed E-state index contributed by atoms with van der Waals surface area (Å²) in [5, 5.41) is 17.2. The van der Waals surface area contributed by atoms with E-state index in [2.05, 4.69) is 10.3 Å². The minimum atomic E-state index is -0.172. The summed E-state index contributed by atoms with van der Waals surface area (Å²) in [6.45, 7) is 2.86. The maximum Gasteiger partial charge on any atom is 0.0729 e. The van der Waals surface area contributed by atoms with Crippen molar-refractivity contribution >= 4 is 0 Å². The molecule has 2 rings (SSSR count). The van der Waals surface area contributed by atoms with Crippen molar-refractivity contribution in [3.05, 3.63) is 11.9 Å². The third-order valence-electron chi connectivity index (χ3n) is 2.56. The number of hydrogen-bond acceptors (Lipinski definition) is 3.